The zero-order chi connectivity index (χ0) is 18.4. The maximum Gasteiger partial charge on any atom is 0.259 e. The Kier molecular flexibility index (Phi) is 5.76. The minimum atomic E-state index is -0.401. The standard InChI is InChI=1S/C20H16BrN3O2/c21-18-11-4-2-7-15(18)12-23-24-19(25)13-22-20(26)17-10-5-8-14-6-1-3-9-16(14)17/h1-12H,13H2,(H,22,26)(H,24,25)/b23-12-. The molecule has 3 rings (SSSR count). The molecule has 0 atom stereocenters. The topological polar surface area (TPSA) is 70.6 Å². The first-order chi connectivity index (χ1) is 12.6. The Hall–Kier alpha value is -2.99. The first kappa shape index (κ1) is 17.8. The molecule has 0 spiro atoms. The third kappa shape index (κ3) is 4.34. The maximum absolute atomic E-state index is 12.4. The number of carbonyl (C=O) groups excluding carboxylic acids is 2. The molecular formula is C20H16BrN3O2. The molecule has 0 unspecified atom stereocenters. The molecule has 130 valence electrons. The Morgan fingerprint density at radius 1 is 0.962 bits per heavy atom. The maximum atomic E-state index is 12.4. The summed E-state index contributed by atoms with van der Waals surface area (Å²) in [5.41, 5.74) is 3.77. The Morgan fingerprint density at radius 2 is 1.69 bits per heavy atom. The summed E-state index contributed by atoms with van der Waals surface area (Å²) in [6, 6.07) is 20.6. The van der Waals surface area contributed by atoms with E-state index in [1.54, 1.807) is 6.07 Å². The molecule has 3 aromatic rings. The van der Waals surface area contributed by atoms with Crippen LogP contribution in [0.4, 0.5) is 0 Å². The predicted octanol–water partition coefficient (Wildman–Crippen LogP) is 3.48. The summed E-state index contributed by atoms with van der Waals surface area (Å²) in [5.74, 6) is -0.700. The molecule has 2 N–H and O–H groups in total. The van der Waals surface area contributed by atoms with E-state index in [1.165, 1.54) is 6.21 Å². The molecule has 2 amide bonds. The van der Waals surface area contributed by atoms with E-state index < -0.39 is 5.91 Å². The molecule has 0 aliphatic rings. The average Bonchev–Trinajstić information content (AvgIpc) is 2.67. The van der Waals surface area contributed by atoms with Gasteiger partial charge >= 0.3 is 0 Å². The lowest BCUT2D eigenvalue weighted by Gasteiger charge is -2.07. The van der Waals surface area contributed by atoms with Crippen LogP contribution in [0, 0.1) is 0 Å². The first-order valence-electron chi connectivity index (χ1n) is 7.97. The molecular weight excluding hydrogens is 394 g/mol. The number of hydrogen-bond donors (Lipinski definition) is 2. The summed E-state index contributed by atoms with van der Waals surface area (Å²) < 4.78 is 0.877. The van der Waals surface area contributed by atoms with Gasteiger partial charge in [-0.3, -0.25) is 9.59 Å². The number of rotatable bonds is 5. The molecule has 0 aliphatic carbocycles. The fraction of sp³-hybridized carbons (Fsp3) is 0.0500. The van der Waals surface area contributed by atoms with E-state index in [1.807, 2.05) is 60.7 Å². The van der Waals surface area contributed by atoms with Crippen LogP contribution in [-0.4, -0.2) is 24.6 Å². The Balaban J connectivity index is 1.57. The molecule has 0 saturated heterocycles. The van der Waals surface area contributed by atoms with Gasteiger partial charge in [0.25, 0.3) is 11.8 Å². The van der Waals surface area contributed by atoms with Crippen molar-refractivity contribution >= 4 is 44.7 Å². The van der Waals surface area contributed by atoms with E-state index in [-0.39, 0.29) is 12.5 Å². The number of amides is 2. The van der Waals surface area contributed by atoms with Crippen LogP contribution in [0.3, 0.4) is 0 Å². The van der Waals surface area contributed by atoms with Crippen molar-refractivity contribution in [2.45, 2.75) is 0 Å². The van der Waals surface area contributed by atoms with Gasteiger partial charge in [-0.1, -0.05) is 70.5 Å². The highest BCUT2D eigenvalue weighted by atomic mass is 79.9. The smallest absolute Gasteiger partial charge is 0.259 e. The first-order valence-corrected chi connectivity index (χ1v) is 8.77. The minimum absolute atomic E-state index is 0.157. The van der Waals surface area contributed by atoms with E-state index in [0.29, 0.717) is 5.56 Å². The Bertz CT molecular complexity index is 980. The quantitative estimate of drug-likeness (QED) is 0.500. The van der Waals surface area contributed by atoms with Crippen molar-refractivity contribution in [1.82, 2.24) is 10.7 Å². The molecule has 26 heavy (non-hydrogen) atoms. The molecule has 5 nitrogen and oxygen atoms in total. The predicted molar refractivity (Wildman–Crippen MR) is 106 cm³/mol. The summed E-state index contributed by atoms with van der Waals surface area (Å²) in [6.07, 6.45) is 1.54. The highest BCUT2D eigenvalue weighted by Crippen LogP contribution is 2.18. The number of nitrogens with one attached hydrogen (secondary N) is 2. The highest BCUT2D eigenvalue weighted by Gasteiger charge is 2.10. The fourth-order valence-electron chi connectivity index (χ4n) is 2.47. The van der Waals surface area contributed by atoms with Gasteiger partial charge in [0.2, 0.25) is 0 Å². The molecule has 0 bridgehead atoms. The van der Waals surface area contributed by atoms with Crippen molar-refractivity contribution in [2.75, 3.05) is 6.54 Å². The lowest BCUT2D eigenvalue weighted by molar-refractivity contribution is -0.120. The van der Waals surface area contributed by atoms with Crippen molar-refractivity contribution in [2.24, 2.45) is 5.10 Å². The summed E-state index contributed by atoms with van der Waals surface area (Å²) in [7, 11) is 0. The molecule has 0 saturated carbocycles. The van der Waals surface area contributed by atoms with Gasteiger partial charge in [-0.25, -0.2) is 5.43 Å². The number of benzene rings is 3. The van der Waals surface area contributed by atoms with Gasteiger partial charge in [0, 0.05) is 15.6 Å². The lowest BCUT2D eigenvalue weighted by Crippen LogP contribution is -2.35. The molecule has 0 fully saturated rings. The number of nitrogens with zero attached hydrogens (tertiary/aromatic N) is 1. The van der Waals surface area contributed by atoms with Crippen LogP contribution >= 0.6 is 15.9 Å². The second-order valence-corrected chi connectivity index (χ2v) is 6.38. The van der Waals surface area contributed by atoms with Crippen molar-refractivity contribution in [1.29, 1.82) is 0 Å². The summed E-state index contributed by atoms with van der Waals surface area (Å²) in [6.45, 7) is -0.157. The highest BCUT2D eigenvalue weighted by molar-refractivity contribution is 9.10. The second-order valence-electron chi connectivity index (χ2n) is 5.52. The number of carbonyl (C=O) groups is 2. The largest absolute Gasteiger partial charge is 0.343 e. The van der Waals surface area contributed by atoms with Gasteiger partial charge in [-0.15, -0.1) is 0 Å². The summed E-state index contributed by atoms with van der Waals surface area (Å²) in [5, 5.41) is 8.34. The van der Waals surface area contributed by atoms with Crippen LogP contribution in [-0.2, 0) is 4.79 Å². The van der Waals surface area contributed by atoms with E-state index in [2.05, 4.69) is 31.8 Å². The molecule has 0 radical (unpaired) electrons. The van der Waals surface area contributed by atoms with Gasteiger partial charge < -0.3 is 5.32 Å². The van der Waals surface area contributed by atoms with E-state index >= 15 is 0 Å². The van der Waals surface area contributed by atoms with Crippen molar-refractivity contribution in [3.8, 4) is 0 Å². The van der Waals surface area contributed by atoms with Gasteiger partial charge in [-0.2, -0.15) is 5.10 Å². The van der Waals surface area contributed by atoms with Crippen LogP contribution in [0.15, 0.2) is 76.3 Å². The zero-order valence-electron chi connectivity index (χ0n) is 13.8. The monoisotopic (exact) mass is 409 g/mol. The van der Waals surface area contributed by atoms with Crippen molar-refractivity contribution in [3.63, 3.8) is 0 Å². The van der Waals surface area contributed by atoms with Crippen molar-refractivity contribution < 1.29 is 9.59 Å². The number of hydrogen-bond acceptors (Lipinski definition) is 3. The van der Waals surface area contributed by atoms with Gasteiger partial charge in [0.15, 0.2) is 0 Å². The van der Waals surface area contributed by atoms with Gasteiger partial charge in [0.1, 0.15) is 0 Å². The lowest BCUT2D eigenvalue weighted by atomic mass is 10.0. The van der Waals surface area contributed by atoms with Gasteiger partial charge in [0.05, 0.1) is 12.8 Å². The van der Waals surface area contributed by atoms with Crippen LogP contribution in [0.5, 0.6) is 0 Å². The SMILES string of the molecule is O=C(CNC(=O)c1cccc2ccccc12)N/N=C\c1ccccc1Br. The fourth-order valence-corrected chi connectivity index (χ4v) is 2.86. The van der Waals surface area contributed by atoms with Crippen molar-refractivity contribution in [3.05, 3.63) is 82.3 Å². The zero-order valence-corrected chi connectivity index (χ0v) is 15.4. The molecule has 0 aromatic heterocycles. The second kappa shape index (κ2) is 8.40. The molecule has 0 aliphatic heterocycles. The normalized spacial score (nSPS) is 10.8. The number of hydrazone groups is 1. The van der Waals surface area contributed by atoms with Crippen LogP contribution < -0.4 is 10.7 Å². The van der Waals surface area contributed by atoms with Crippen LogP contribution in [0.25, 0.3) is 10.8 Å². The average molecular weight is 410 g/mol. The minimum Gasteiger partial charge on any atom is -0.343 e. The third-order valence-corrected chi connectivity index (χ3v) is 4.46. The van der Waals surface area contributed by atoms with E-state index in [4.69, 9.17) is 0 Å². The van der Waals surface area contributed by atoms with Crippen LogP contribution in [0.1, 0.15) is 15.9 Å². The molecule has 6 heteroatoms. The number of halogens is 1. The summed E-state index contributed by atoms with van der Waals surface area (Å²) >= 11 is 3.40. The third-order valence-electron chi connectivity index (χ3n) is 3.74. The van der Waals surface area contributed by atoms with E-state index in [0.717, 1.165) is 20.8 Å². The van der Waals surface area contributed by atoms with Crippen LogP contribution in [0.2, 0.25) is 0 Å². The molecule has 0 heterocycles. The number of fused-ring (bicyclic) bond motifs is 1. The Labute approximate surface area is 159 Å². The Morgan fingerprint density at radius 3 is 2.54 bits per heavy atom. The van der Waals surface area contributed by atoms with E-state index in [9.17, 15) is 9.59 Å². The van der Waals surface area contributed by atoms with Gasteiger partial charge in [-0.05, 0) is 22.9 Å². The molecule has 3 aromatic carbocycles. The summed E-state index contributed by atoms with van der Waals surface area (Å²) in [4.78, 5) is 24.2.